The van der Waals surface area contributed by atoms with Gasteiger partial charge in [0.2, 0.25) is 0 Å². The fourth-order valence-corrected chi connectivity index (χ4v) is 4.27. The standard InChI is InChI=1S/C21H22N4O2S/c1-14-10-11-15(25(26)27)13-18(14)24-21-17(8-5-6-12-22-21)20(23-24)16-7-3-4-9-19(16)28-2/h3-4,7,9-11,13,22H,5-6,8,12H2,1-2H3. The van der Waals surface area contributed by atoms with Gasteiger partial charge in [-0.3, -0.25) is 10.1 Å². The summed E-state index contributed by atoms with van der Waals surface area (Å²) >= 11 is 1.70. The summed E-state index contributed by atoms with van der Waals surface area (Å²) in [5.41, 5.74) is 5.02. The highest BCUT2D eigenvalue weighted by Gasteiger charge is 2.24. The van der Waals surface area contributed by atoms with Crippen molar-refractivity contribution in [1.29, 1.82) is 0 Å². The molecule has 0 atom stereocenters. The lowest BCUT2D eigenvalue weighted by Gasteiger charge is -2.11. The molecule has 0 saturated carbocycles. The first-order chi connectivity index (χ1) is 13.6. The molecule has 0 bridgehead atoms. The summed E-state index contributed by atoms with van der Waals surface area (Å²) in [6, 6.07) is 13.2. The van der Waals surface area contributed by atoms with Crippen molar-refractivity contribution in [3.8, 4) is 16.9 Å². The van der Waals surface area contributed by atoms with Crippen molar-refractivity contribution in [1.82, 2.24) is 9.78 Å². The minimum atomic E-state index is -0.359. The van der Waals surface area contributed by atoms with E-state index in [9.17, 15) is 10.1 Å². The molecule has 7 heteroatoms. The highest BCUT2D eigenvalue weighted by atomic mass is 32.2. The van der Waals surface area contributed by atoms with E-state index in [1.54, 1.807) is 30.0 Å². The third-order valence-electron chi connectivity index (χ3n) is 5.12. The molecule has 3 aromatic rings. The number of aryl methyl sites for hydroxylation is 1. The lowest BCUT2D eigenvalue weighted by molar-refractivity contribution is -0.384. The van der Waals surface area contributed by atoms with E-state index in [4.69, 9.17) is 5.10 Å². The molecule has 144 valence electrons. The van der Waals surface area contributed by atoms with Crippen molar-refractivity contribution in [2.75, 3.05) is 18.1 Å². The minimum Gasteiger partial charge on any atom is -0.370 e. The Morgan fingerprint density at radius 3 is 2.82 bits per heavy atom. The molecule has 0 fully saturated rings. The van der Waals surface area contributed by atoms with Crippen LogP contribution >= 0.6 is 11.8 Å². The van der Waals surface area contributed by atoms with E-state index in [-0.39, 0.29) is 10.6 Å². The molecule has 0 amide bonds. The highest BCUT2D eigenvalue weighted by molar-refractivity contribution is 7.98. The molecule has 2 aromatic carbocycles. The fraction of sp³-hybridized carbons (Fsp3) is 0.286. The summed E-state index contributed by atoms with van der Waals surface area (Å²) in [4.78, 5) is 12.1. The fourth-order valence-electron chi connectivity index (χ4n) is 3.67. The van der Waals surface area contributed by atoms with Crippen molar-refractivity contribution in [2.45, 2.75) is 31.1 Å². The molecule has 0 radical (unpaired) electrons. The highest BCUT2D eigenvalue weighted by Crippen LogP contribution is 2.38. The van der Waals surface area contributed by atoms with Gasteiger partial charge < -0.3 is 5.32 Å². The van der Waals surface area contributed by atoms with Gasteiger partial charge in [-0.05, 0) is 44.1 Å². The smallest absolute Gasteiger partial charge is 0.271 e. The zero-order valence-electron chi connectivity index (χ0n) is 15.9. The number of nitrogens with one attached hydrogen (secondary N) is 1. The average molecular weight is 395 g/mol. The third-order valence-corrected chi connectivity index (χ3v) is 5.92. The van der Waals surface area contributed by atoms with Crippen LogP contribution in [0.1, 0.15) is 24.0 Å². The van der Waals surface area contributed by atoms with Crippen LogP contribution in [0.4, 0.5) is 11.5 Å². The summed E-state index contributed by atoms with van der Waals surface area (Å²) < 4.78 is 1.86. The van der Waals surface area contributed by atoms with Crippen LogP contribution in [-0.2, 0) is 6.42 Å². The quantitative estimate of drug-likeness (QED) is 0.373. The van der Waals surface area contributed by atoms with Gasteiger partial charge in [0, 0.05) is 34.7 Å². The van der Waals surface area contributed by atoms with Gasteiger partial charge in [0.1, 0.15) is 5.82 Å². The Morgan fingerprint density at radius 1 is 1.21 bits per heavy atom. The Bertz CT molecular complexity index is 1040. The number of fused-ring (bicyclic) bond motifs is 1. The van der Waals surface area contributed by atoms with Crippen molar-refractivity contribution in [2.24, 2.45) is 0 Å². The topological polar surface area (TPSA) is 73.0 Å². The summed E-state index contributed by atoms with van der Waals surface area (Å²) in [5, 5.41) is 19.8. The van der Waals surface area contributed by atoms with E-state index in [0.29, 0.717) is 0 Å². The predicted molar refractivity (Wildman–Crippen MR) is 114 cm³/mol. The Balaban J connectivity index is 1.96. The first-order valence-corrected chi connectivity index (χ1v) is 10.6. The van der Waals surface area contributed by atoms with Crippen molar-refractivity contribution in [3.05, 3.63) is 63.7 Å². The number of anilines is 1. The van der Waals surface area contributed by atoms with Crippen LogP contribution in [0.3, 0.4) is 0 Å². The van der Waals surface area contributed by atoms with E-state index >= 15 is 0 Å². The molecule has 28 heavy (non-hydrogen) atoms. The van der Waals surface area contributed by atoms with Crippen LogP contribution in [0.5, 0.6) is 0 Å². The maximum atomic E-state index is 11.3. The Morgan fingerprint density at radius 2 is 2.04 bits per heavy atom. The number of nitro benzene ring substituents is 1. The maximum Gasteiger partial charge on any atom is 0.271 e. The van der Waals surface area contributed by atoms with Gasteiger partial charge in [0.05, 0.1) is 16.3 Å². The van der Waals surface area contributed by atoms with Gasteiger partial charge in [0.25, 0.3) is 5.69 Å². The van der Waals surface area contributed by atoms with Gasteiger partial charge in [0.15, 0.2) is 0 Å². The molecule has 1 aliphatic heterocycles. The Hall–Kier alpha value is -2.80. The van der Waals surface area contributed by atoms with Crippen LogP contribution in [0.15, 0.2) is 47.4 Å². The molecule has 6 nitrogen and oxygen atoms in total. The number of rotatable bonds is 4. The first kappa shape index (κ1) is 18.6. The molecule has 1 aliphatic rings. The van der Waals surface area contributed by atoms with Gasteiger partial charge in [-0.2, -0.15) is 5.10 Å². The van der Waals surface area contributed by atoms with Gasteiger partial charge in [-0.25, -0.2) is 4.68 Å². The van der Waals surface area contributed by atoms with E-state index in [2.05, 4.69) is 23.7 Å². The molecule has 2 heterocycles. The predicted octanol–water partition coefficient (Wildman–Crippen LogP) is 5.23. The maximum absolute atomic E-state index is 11.3. The number of thioether (sulfide) groups is 1. The second kappa shape index (κ2) is 7.67. The summed E-state index contributed by atoms with van der Waals surface area (Å²) in [6.07, 6.45) is 5.19. The summed E-state index contributed by atoms with van der Waals surface area (Å²) in [7, 11) is 0. The molecule has 1 N–H and O–H groups in total. The largest absolute Gasteiger partial charge is 0.370 e. The third kappa shape index (κ3) is 3.26. The van der Waals surface area contributed by atoms with Crippen LogP contribution < -0.4 is 5.32 Å². The molecular formula is C21H22N4O2S. The lowest BCUT2D eigenvalue weighted by Crippen LogP contribution is -2.08. The zero-order valence-corrected chi connectivity index (χ0v) is 16.8. The van der Waals surface area contributed by atoms with E-state index < -0.39 is 0 Å². The molecule has 1 aromatic heterocycles. The number of hydrogen-bond donors (Lipinski definition) is 1. The molecular weight excluding hydrogens is 372 g/mol. The van der Waals surface area contributed by atoms with Crippen molar-refractivity contribution in [3.63, 3.8) is 0 Å². The van der Waals surface area contributed by atoms with Gasteiger partial charge in [-0.15, -0.1) is 11.8 Å². The number of non-ortho nitro benzene ring substituents is 1. The number of hydrogen-bond acceptors (Lipinski definition) is 5. The zero-order chi connectivity index (χ0) is 19.7. The Kier molecular flexibility index (Phi) is 5.09. The van der Waals surface area contributed by atoms with Crippen molar-refractivity contribution < 1.29 is 4.92 Å². The second-order valence-corrected chi connectivity index (χ2v) is 7.75. The first-order valence-electron chi connectivity index (χ1n) is 9.34. The van der Waals surface area contributed by atoms with Crippen LogP contribution in [0.2, 0.25) is 0 Å². The van der Waals surface area contributed by atoms with Crippen LogP contribution in [-0.4, -0.2) is 27.5 Å². The molecule has 0 spiro atoms. The molecule has 0 unspecified atom stereocenters. The summed E-state index contributed by atoms with van der Waals surface area (Å²) in [5.74, 6) is 0.951. The van der Waals surface area contributed by atoms with Crippen LogP contribution in [0.25, 0.3) is 16.9 Å². The van der Waals surface area contributed by atoms with Crippen molar-refractivity contribution >= 4 is 23.3 Å². The van der Waals surface area contributed by atoms with Gasteiger partial charge >= 0.3 is 0 Å². The van der Waals surface area contributed by atoms with E-state index in [1.165, 1.54) is 10.5 Å². The molecule has 0 aliphatic carbocycles. The SMILES string of the molecule is CSc1ccccc1-c1nn(-c2cc([N+](=O)[O-])ccc2C)c2c1CCCCN2. The number of benzene rings is 2. The normalized spacial score (nSPS) is 13.5. The van der Waals surface area contributed by atoms with Gasteiger partial charge in [-0.1, -0.05) is 24.3 Å². The number of aromatic nitrogens is 2. The van der Waals surface area contributed by atoms with E-state index in [0.717, 1.165) is 54.1 Å². The number of nitro groups is 1. The lowest BCUT2D eigenvalue weighted by atomic mass is 10.0. The second-order valence-electron chi connectivity index (χ2n) is 6.90. The summed E-state index contributed by atoms with van der Waals surface area (Å²) in [6.45, 7) is 2.83. The molecule has 4 rings (SSSR count). The monoisotopic (exact) mass is 394 g/mol. The number of nitrogens with zero attached hydrogens (tertiary/aromatic N) is 3. The van der Waals surface area contributed by atoms with E-state index in [1.807, 2.05) is 23.7 Å². The average Bonchev–Trinajstić information content (AvgIpc) is 2.88. The Labute approximate surface area is 168 Å². The van der Waals surface area contributed by atoms with Crippen LogP contribution in [0, 0.1) is 17.0 Å². The molecule has 0 saturated heterocycles. The minimum absolute atomic E-state index is 0.0736.